The molecule has 0 bridgehead atoms. The summed E-state index contributed by atoms with van der Waals surface area (Å²) in [5.74, 6) is 2.22. The molecule has 142 valence electrons. The second-order valence-corrected chi connectivity index (χ2v) is 7.12. The molecule has 1 unspecified atom stereocenters. The molecule has 2 heterocycles. The van der Waals surface area contributed by atoms with E-state index >= 15 is 0 Å². The third kappa shape index (κ3) is 4.71. The van der Waals surface area contributed by atoms with Crippen LogP contribution >= 0.6 is 0 Å². The molecule has 4 aromatic rings. The van der Waals surface area contributed by atoms with Crippen molar-refractivity contribution in [2.45, 2.75) is 32.8 Å². The normalized spacial score (nSPS) is 12.2. The zero-order valence-corrected chi connectivity index (χ0v) is 15.9. The Bertz CT molecular complexity index is 1010. The van der Waals surface area contributed by atoms with Gasteiger partial charge >= 0.3 is 0 Å². The van der Waals surface area contributed by atoms with Crippen molar-refractivity contribution in [3.05, 3.63) is 77.7 Å². The molecule has 0 aliphatic heterocycles. The summed E-state index contributed by atoms with van der Waals surface area (Å²) in [5.41, 5.74) is 3.23. The highest BCUT2D eigenvalue weighted by atomic mass is 16.5. The van der Waals surface area contributed by atoms with Crippen LogP contribution in [0.1, 0.15) is 30.4 Å². The van der Waals surface area contributed by atoms with Crippen LogP contribution in [0.2, 0.25) is 0 Å². The standard InChI is InChI=1S/C22H23N5O/c1-16(14-22-24-26-27-25-22)6-7-17-8-12-20(13-9-17)28-15-19-11-10-18-4-2-3-5-21(18)23-19/h2-5,8-13,16H,6-7,14-15H2,1H3,(H,24,25,26,27). The van der Waals surface area contributed by atoms with Crippen LogP contribution < -0.4 is 4.74 Å². The van der Waals surface area contributed by atoms with E-state index in [1.807, 2.05) is 36.4 Å². The highest BCUT2D eigenvalue weighted by Crippen LogP contribution is 2.18. The molecule has 0 saturated carbocycles. The molecule has 6 nitrogen and oxygen atoms in total. The number of H-pyrrole nitrogens is 1. The topological polar surface area (TPSA) is 76.6 Å². The first-order valence-electron chi connectivity index (χ1n) is 9.55. The van der Waals surface area contributed by atoms with Crippen LogP contribution in [0.3, 0.4) is 0 Å². The summed E-state index contributed by atoms with van der Waals surface area (Å²) < 4.78 is 5.90. The highest BCUT2D eigenvalue weighted by molar-refractivity contribution is 5.78. The first-order chi connectivity index (χ1) is 13.8. The number of aromatic amines is 1. The molecule has 0 radical (unpaired) electrons. The molecule has 0 spiro atoms. The smallest absolute Gasteiger partial charge is 0.148 e. The van der Waals surface area contributed by atoms with E-state index in [0.717, 1.165) is 47.4 Å². The third-order valence-corrected chi connectivity index (χ3v) is 4.82. The lowest BCUT2D eigenvalue weighted by Crippen LogP contribution is -2.03. The molecular weight excluding hydrogens is 350 g/mol. The highest BCUT2D eigenvalue weighted by Gasteiger charge is 2.07. The number of benzene rings is 2. The minimum absolute atomic E-state index is 0.465. The van der Waals surface area contributed by atoms with Crippen molar-refractivity contribution >= 4 is 10.9 Å². The van der Waals surface area contributed by atoms with E-state index in [9.17, 15) is 0 Å². The van der Waals surface area contributed by atoms with E-state index in [4.69, 9.17) is 4.74 Å². The van der Waals surface area contributed by atoms with Gasteiger partial charge in [0.05, 0.1) is 11.2 Å². The SMILES string of the molecule is CC(CCc1ccc(OCc2ccc3ccccc3n2)cc1)Cc1nnn[nH]1. The van der Waals surface area contributed by atoms with Crippen LogP contribution in [0, 0.1) is 5.92 Å². The molecule has 0 amide bonds. The Morgan fingerprint density at radius 2 is 1.86 bits per heavy atom. The quantitative estimate of drug-likeness (QED) is 0.502. The predicted octanol–water partition coefficient (Wildman–Crippen LogP) is 4.14. The van der Waals surface area contributed by atoms with E-state index in [1.165, 1.54) is 5.56 Å². The number of hydrogen-bond donors (Lipinski definition) is 1. The van der Waals surface area contributed by atoms with Crippen molar-refractivity contribution < 1.29 is 4.74 Å². The van der Waals surface area contributed by atoms with Crippen molar-refractivity contribution in [3.8, 4) is 5.75 Å². The number of hydrogen-bond acceptors (Lipinski definition) is 5. The second kappa shape index (κ2) is 8.61. The summed E-state index contributed by atoms with van der Waals surface area (Å²) in [4.78, 5) is 4.65. The number of fused-ring (bicyclic) bond motifs is 1. The molecule has 28 heavy (non-hydrogen) atoms. The van der Waals surface area contributed by atoms with Crippen molar-refractivity contribution in [1.29, 1.82) is 0 Å². The maximum atomic E-state index is 5.90. The monoisotopic (exact) mass is 373 g/mol. The van der Waals surface area contributed by atoms with Crippen LogP contribution in [0.15, 0.2) is 60.7 Å². The number of ether oxygens (including phenoxy) is 1. The largest absolute Gasteiger partial charge is 0.487 e. The lowest BCUT2D eigenvalue weighted by molar-refractivity contribution is 0.301. The number of nitrogens with one attached hydrogen (secondary N) is 1. The minimum atomic E-state index is 0.465. The summed E-state index contributed by atoms with van der Waals surface area (Å²) in [6, 6.07) is 20.5. The maximum Gasteiger partial charge on any atom is 0.148 e. The van der Waals surface area contributed by atoms with Crippen molar-refractivity contribution in [1.82, 2.24) is 25.6 Å². The molecule has 0 fully saturated rings. The average molecular weight is 373 g/mol. The number of aromatic nitrogens is 5. The summed E-state index contributed by atoms with van der Waals surface area (Å²) in [5, 5.41) is 15.1. The van der Waals surface area contributed by atoms with E-state index in [1.54, 1.807) is 0 Å². The van der Waals surface area contributed by atoms with Gasteiger partial charge in [-0.3, -0.25) is 0 Å². The van der Waals surface area contributed by atoms with Gasteiger partial charge in [-0.15, -0.1) is 5.10 Å². The lowest BCUT2D eigenvalue weighted by atomic mass is 9.98. The fourth-order valence-electron chi connectivity index (χ4n) is 3.21. The molecule has 1 atom stereocenters. The number of tetrazole rings is 1. The van der Waals surface area contributed by atoms with Crippen LogP contribution in [-0.4, -0.2) is 25.6 Å². The molecule has 0 aliphatic carbocycles. The second-order valence-electron chi connectivity index (χ2n) is 7.12. The Labute approximate surface area is 164 Å². The van der Waals surface area contributed by atoms with E-state index in [0.29, 0.717) is 12.5 Å². The third-order valence-electron chi connectivity index (χ3n) is 4.82. The zero-order chi connectivity index (χ0) is 19.2. The van der Waals surface area contributed by atoms with Gasteiger partial charge in [0.1, 0.15) is 18.2 Å². The van der Waals surface area contributed by atoms with E-state index in [-0.39, 0.29) is 0 Å². The van der Waals surface area contributed by atoms with E-state index in [2.05, 4.69) is 56.8 Å². The van der Waals surface area contributed by atoms with Gasteiger partial charge < -0.3 is 4.74 Å². The molecule has 0 saturated heterocycles. The van der Waals surface area contributed by atoms with E-state index < -0.39 is 0 Å². The summed E-state index contributed by atoms with van der Waals surface area (Å²) >= 11 is 0. The van der Waals surface area contributed by atoms with Crippen molar-refractivity contribution in [2.75, 3.05) is 0 Å². The van der Waals surface area contributed by atoms with Gasteiger partial charge in [-0.2, -0.15) is 0 Å². The average Bonchev–Trinajstić information content (AvgIpc) is 3.24. The first kappa shape index (κ1) is 18.1. The number of nitrogens with zero attached hydrogens (tertiary/aromatic N) is 4. The number of rotatable bonds is 8. The Hall–Kier alpha value is -3.28. The predicted molar refractivity (Wildman–Crippen MR) is 108 cm³/mol. The summed E-state index contributed by atoms with van der Waals surface area (Å²) in [6.45, 7) is 2.68. The van der Waals surface area contributed by atoms with Gasteiger partial charge in [-0.05, 0) is 59.0 Å². The Morgan fingerprint density at radius 1 is 1.00 bits per heavy atom. The fraction of sp³-hybridized carbons (Fsp3) is 0.273. The van der Waals surface area contributed by atoms with Crippen LogP contribution in [-0.2, 0) is 19.4 Å². The van der Waals surface area contributed by atoms with Crippen LogP contribution in [0.5, 0.6) is 5.75 Å². The molecule has 0 aliphatic rings. The van der Waals surface area contributed by atoms with Gasteiger partial charge in [0.2, 0.25) is 0 Å². The molecular formula is C22H23N5O. The minimum Gasteiger partial charge on any atom is -0.487 e. The van der Waals surface area contributed by atoms with Gasteiger partial charge in [-0.25, -0.2) is 10.1 Å². The van der Waals surface area contributed by atoms with Gasteiger partial charge in [-0.1, -0.05) is 43.3 Å². The summed E-state index contributed by atoms with van der Waals surface area (Å²) in [7, 11) is 0. The summed E-state index contributed by atoms with van der Waals surface area (Å²) in [6.07, 6.45) is 2.98. The molecule has 1 N–H and O–H groups in total. The Balaban J connectivity index is 1.28. The van der Waals surface area contributed by atoms with Gasteiger partial charge in [0.25, 0.3) is 0 Å². The number of aryl methyl sites for hydroxylation is 1. The lowest BCUT2D eigenvalue weighted by Gasteiger charge is -2.10. The number of pyridine rings is 1. The number of para-hydroxylation sites is 1. The first-order valence-corrected chi connectivity index (χ1v) is 9.55. The molecule has 4 rings (SSSR count). The Morgan fingerprint density at radius 3 is 2.68 bits per heavy atom. The van der Waals surface area contributed by atoms with Crippen LogP contribution in [0.25, 0.3) is 10.9 Å². The Kier molecular flexibility index (Phi) is 5.56. The van der Waals surface area contributed by atoms with Crippen LogP contribution in [0.4, 0.5) is 0 Å². The zero-order valence-electron chi connectivity index (χ0n) is 15.9. The molecule has 2 aromatic heterocycles. The van der Waals surface area contributed by atoms with Crippen molar-refractivity contribution in [3.63, 3.8) is 0 Å². The maximum absolute atomic E-state index is 5.90. The molecule has 6 heteroatoms. The molecule has 2 aromatic carbocycles. The van der Waals surface area contributed by atoms with Gasteiger partial charge in [0.15, 0.2) is 0 Å². The van der Waals surface area contributed by atoms with Crippen molar-refractivity contribution in [2.24, 2.45) is 5.92 Å². The van der Waals surface area contributed by atoms with Gasteiger partial charge in [0, 0.05) is 11.8 Å². The fourth-order valence-corrected chi connectivity index (χ4v) is 3.21.